The third-order valence-electron chi connectivity index (χ3n) is 5.99. The van der Waals surface area contributed by atoms with E-state index in [1.165, 1.54) is 0 Å². The lowest BCUT2D eigenvalue weighted by atomic mass is 9.70. The van der Waals surface area contributed by atoms with E-state index in [-0.39, 0.29) is 25.2 Å². The van der Waals surface area contributed by atoms with Gasteiger partial charge in [0, 0.05) is 18.3 Å². The first-order valence-electron chi connectivity index (χ1n) is 11.6. The summed E-state index contributed by atoms with van der Waals surface area (Å²) < 4.78 is 5.14. The number of hydrogen-bond acceptors (Lipinski definition) is 5. The van der Waals surface area contributed by atoms with Crippen molar-refractivity contribution < 1.29 is 19.1 Å². The van der Waals surface area contributed by atoms with Gasteiger partial charge in [0.1, 0.15) is 5.41 Å². The topological polar surface area (TPSA) is 73.3 Å². The molecule has 0 N–H and O–H groups in total. The zero-order chi connectivity index (χ0) is 24.2. The predicted molar refractivity (Wildman–Crippen MR) is 131 cm³/mol. The maximum absolute atomic E-state index is 14.1. The molecule has 5 nitrogen and oxygen atoms in total. The number of ketones is 1. The Balaban J connectivity index is 1.94. The third kappa shape index (κ3) is 6.95. The van der Waals surface area contributed by atoms with Gasteiger partial charge in [-0.15, -0.1) is 0 Å². The van der Waals surface area contributed by atoms with Crippen LogP contribution < -0.4 is 0 Å². The number of esters is 1. The van der Waals surface area contributed by atoms with Crippen molar-refractivity contribution in [3.63, 3.8) is 0 Å². The summed E-state index contributed by atoms with van der Waals surface area (Å²) in [6, 6.07) is 22.9. The number of hydrogen-bond donors (Lipinski definition) is 0. The van der Waals surface area contributed by atoms with Crippen molar-refractivity contribution >= 4 is 18.0 Å². The zero-order valence-corrected chi connectivity index (χ0v) is 19.5. The minimum atomic E-state index is -1.61. The van der Waals surface area contributed by atoms with Gasteiger partial charge in [0.05, 0.1) is 13.0 Å². The number of Topliss-reactive ketones (excluding diaryl/α,β-unsaturated/α-hetero) is 1. The number of pyridine rings is 1. The van der Waals surface area contributed by atoms with Crippen LogP contribution in [0.1, 0.15) is 36.5 Å². The Morgan fingerprint density at radius 3 is 2.12 bits per heavy atom. The summed E-state index contributed by atoms with van der Waals surface area (Å²) in [7, 11) is 0. The fraction of sp³-hybridized carbons (Fsp3) is 0.310. The van der Waals surface area contributed by atoms with E-state index in [1.54, 1.807) is 19.3 Å². The van der Waals surface area contributed by atoms with Crippen LogP contribution in [0.25, 0.3) is 0 Å². The van der Waals surface area contributed by atoms with Gasteiger partial charge in [-0.1, -0.05) is 60.7 Å². The number of benzene rings is 2. The molecule has 1 heterocycles. The molecule has 0 aliphatic heterocycles. The molecule has 5 heteroatoms. The summed E-state index contributed by atoms with van der Waals surface area (Å²) in [5, 5.41) is 0. The van der Waals surface area contributed by atoms with E-state index in [4.69, 9.17) is 4.74 Å². The lowest BCUT2D eigenvalue weighted by molar-refractivity contribution is -0.148. The number of rotatable bonds is 13. The van der Waals surface area contributed by atoms with Gasteiger partial charge in [0.15, 0.2) is 5.78 Å². The van der Waals surface area contributed by atoms with Crippen LogP contribution >= 0.6 is 0 Å². The van der Waals surface area contributed by atoms with Crippen LogP contribution in [0.5, 0.6) is 0 Å². The molecule has 3 aromatic rings. The summed E-state index contributed by atoms with van der Waals surface area (Å²) >= 11 is 0. The van der Waals surface area contributed by atoms with Gasteiger partial charge < -0.3 is 4.74 Å². The molecule has 1 aromatic heterocycles. The van der Waals surface area contributed by atoms with Crippen LogP contribution in [-0.4, -0.2) is 29.6 Å². The molecule has 0 saturated heterocycles. The fourth-order valence-corrected chi connectivity index (χ4v) is 4.27. The Labute approximate surface area is 201 Å². The largest absolute Gasteiger partial charge is 0.466 e. The first-order valence-corrected chi connectivity index (χ1v) is 11.6. The zero-order valence-electron chi connectivity index (χ0n) is 19.5. The molecule has 0 saturated carbocycles. The summed E-state index contributed by atoms with van der Waals surface area (Å²) in [5.41, 5.74) is 1.27. The average molecular weight is 457 g/mol. The number of aryl methyl sites for hydroxylation is 1. The van der Waals surface area contributed by atoms with Crippen LogP contribution in [0.15, 0.2) is 85.2 Å². The normalized spacial score (nSPS) is 13.4. The van der Waals surface area contributed by atoms with Crippen LogP contribution in [0, 0.1) is 11.3 Å². The number of nitrogens with zero attached hydrogens (tertiary/aromatic N) is 1. The van der Waals surface area contributed by atoms with Crippen molar-refractivity contribution in [1.29, 1.82) is 0 Å². The highest BCUT2D eigenvalue weighted by molar-refractivity contribution is 6.03. The minimum absolute atomic E-state index is 0.107. The van der Waals surface area contributed by atoms with E-state index in [1.807, 2.05) is 79.1 Å². The lowest BCUT2D eigenvalue weighted by Gasteiger charge is -2.30. The second-order valence-corrected chi connectivity index (χ2v) is 8.47. The van der Waals surface area contributed by atoms with E-state index in [9.17, 15) is 14.4 Å². The summed E-state index contributed by atoms with van der Waals surface area (Å²) in [6.07, 6.45) is 6.92. The molecule has 0 spiro atoms. The highest BCUT2D eigenvalue weighted by atomic mass is 16.5. The lowest BCUT2D eigenvalue weighted by Crippen LogP contribution is -2.42. The maximum Gasteiger partial charge on any atom is 0.307 e. The van der Waals surface area contributed by atoms with Crippen molar-refractivity contribution in [3.05, 3.63) is 102 Å². The number of ether oxygens (including phenoxy) is 1. The highest BCUT2D eigenvalue weighted by Crippen LogP contribution is 2.33. The standard InChI is InChI=1S/C29H30NO4/c1-2-34-27(32)21-29(22-31,20-25-11-7-4-8-12-25)28(33)26(19-24-9-5-3-6-10-24)14-13-23-15-17-30-18-16-23/h3-12,15-18,26H,2,13-14,19-21H2,1H3. The SMILES string of the molecule is CCOC(=O)CC([C]=O)(Cc1ccccc1)C(=O)C(CCc1ccncc1)Cc1ccccc1. The highest BCUT2D eigenvalue weighted by Gasteiger charge is 2.45. The molecule has 2 atom stereocenters. The number of aromatic nitrogens is 1. The molecule has 0 bridgehead atoms. The van der Waals surface area contributed by atoms with Crippen molar-refractivity contribution in [1.82, 2.24) is 4.98 Å². The predicted octanol–water partition coefficient (Wildman–Crippen LogP) is 4.73. The van der Waals surface area contributed by atoms with Gasteiger partial charge in [-0.25, -0.2) is 0 Å². The van der Waals surface area contributed by atoms with E-state index >= 15 is 0 Å². The first-order chi connectivity index (χ1) is 16.6. The molecule has 0 aliphatic rings. The molecule has 3 rings (SSSR count). The Kier molecular flexibility index (Phi) is 9.27. The van der Waals surface area contributed by atoms with Crippen molar-refractivity contribution in [3.8, 4) is 0 Å². The van der Waals surface area contributed by atoms with Crippen LogP contribution in [0.4, 0.5) is 0 Å². The summed E-state index contributed by atoms with van der Waals surface area (Å²) in [4.78, 5) is 43.1. The van der Waals surface area contributed by atoms with Crippen LogP contribution in [-0.2, 0) is 38.4 Å². The summed E-state index contributed by atoms with van der Waals surface area (Å²) in [5.74, 6) is -1.30. The summed E-state index contributed by atoms with van der Waals surface area (Å²) in [6.45, 7) is 1.89. The van der Waals surface area contributed by atoms with Gasteiger partial charge >= 0.3 is 5.97 Å². The molecule has 2 aromatic carbocycles. The third-order valence-corrected chi connectivity index (χ3v) is 5.99. The maximum atomic E-state index is 14.1. The quantitative estimate of drug-likeness (QED) is 0.275. The molecule has 0 aliphatic carbocycles. The molecule has 0 fully saturated rings. The molecule has 34 heavy (non-hydrogen) atoms. The van der Waals surface area contributed by atoms with Crippen molar-refractivity contribution in [2.75, 3.05) is 6.61 Å². The van der Waals surface area contributed by atoms with E-state index in [0.29, 0.717) is 19.3 Å². The van der Waals surface area contributed by atoms with Gasteiger partial charge in [0.25, 0.3) is 0 Å². The number of carbonyl (C=O) groups is 2. The average Bonchev–Trinajstić information content (AvgIpc) is 2.87. The van der Waals surface area contributed by atoms with Crippen LogP contribution in [0.3, 0.4) is 0 Å². The minimum Gasteiger partial charge on any atom is -0.466 e. The molecule has 0 amide bonds. The van der Waals surface area contributed by atoms with E-state index in [2.05, 4.69) is 4.98 Å². The Bertz CT molecular complexity index is 1050. The first kappa shape index (κ1) is 25.0. The van der Waals surface area contributed by atoms with E-state index in [0.717, 1.165) is 16.7 Å². The monoisotopic (exact) mass is 456 g/mol. The van der Waals surface area contributed by atoms with Crippen molar-refractivity contribution in [2.24, 2.45) is 11.3 Å². The Morgan fingerprint density at radius 2 is 1.53 bits per heavy atom. The van der Waals surface area contributed by atoms with Gasteiger partial charge in [0.2, 0.25) is 6.29 Å². The van der Waals surface area contributed by atoms with Gasteiger partial charge in [-0.3, -0.25) is 19.4 Å². The smallest absolute Gasteiger partial charge is 0.307 e. The van der Waals surface area contributed by atoms with Crippen molar-refractivity contribution in [2.45, 2.75) is 39.0 Å². The molecular weight excluding hydrogens is 426 g/mol. The van der Waals surface area contributed by atoms with Gasteiger partial charge in [-0.05, 0) is 61.4 Å². The Morgan fingerprint density at radius 1 is 0.912 bits per heavy atom. The van der Waals surface area contributed by atoms with E-state index < -0.39 is 17.3 Å². The molecule has 2 unspecified atom stereocenters. The second-order valence-electron chi connectivity index (χ2n) is 8.47. The van der Waals surface area contributed by atoms with Gasteiger partial charge in [-0.2, -0.15) is 0 Å². The Hall–Kier alpha value is -3.60. The van der Waals surface area contributed by atoms with Crippen LogP contribution in [0.2, 0.25) is 0 Å². The molecule has 175 valence electrons. The molecule has 1 radical (unpaired) electrons. The number of carbonyl (C=O) groups excluding carboxylic acids is 3. The second kappa shape index (κ2) is 12.6. The fourth-order valence-electron chi connectivity index (χ4n) is 4.27. The molecular formula is C29H30NO4.